The van der Waals surface area contributed by atoms with Gasteiger partial charge in [-0.05, 0) is 42.3 Å². The highest BCUT2D eigenvalue weighted by molar-refractivity contribution is 7.92. The zero-order chi connectivity index (χ0) is 20.0. The Balaban J connectivity index is 1.71. The third-order valence-electron chi connectivity index (χ3n) is 4.15. The molecule has 0 aliphatic rings. The number of sulfonamides is 1. The molecule has 0 saturated carbocycles. The van der Waals surface area contributed by atoms with Crippen LogP contribution in [-0.4, -0.2) is 24.3 Å². The smallest absolute Gasteiger partial charge is 0.264 e. The van der Waals surface area contributed by atoms with Gasteiger partial charge in [-0.2, -0.15) is 0 Å². The summed E-state index contributed by atoms with van der Waals surface area (Å²) >= 11 is 0. The Morgan fingerprint density at radius 3 is 2.21 bits per heavy atom. The third-order valence-corrected chi connectivity index (χ3v) is 5.49. The molecule has 2 aromatic carbocycles. The molecule has 1 heterocycles. The highest BCUT2D eigenvalue weighted by Gasteiger charge is 2.19. The summed E-state index contributed by atoms with van der Waals surface area (Å²) in [6.07, 6.45) is 3.55. The lowest BCUT2D eigenvalue weighted by Crippen LogP contribution is -2.20. The first-order chi connectivity index (χ1) is 13.5. The van der Waals surface area contributed by atoms with Gasteiger partial charge in [0.05, 0.1) is 10.8 Å². The van der Waals surface area contributed by atoms with E-state index in [-0.39, 0.29) is 22.7 Å². The van der Waals surface area contributed by atoms with Crippen LogP contribution in [0, 0.1) is 0 Å². The fraction of sp³-hybridized carbons (Fsp3) is 0.150. The maximum atomic E-state index is 12.6. The quantitative estimate of drug-likeness (QED) is 0.637. The first-order valence-corrected chi connectivity index (χ1v) is 10.2. The summed E-state index contributed by atoms with van der Waals surface area (Å²) < 4.78 is 27.1. The van der Waals surface area contributed by atoms with Crippen molar-refractivity contribution in [2.24, 2.45) is 0 Å². The van der Waals surface area contributed by atoms with Gasteiger partial charge in [-0.25, -0.2) is 23.1 Å². The van der Waals surface area contributed by atoms with Gasteiger partial charge in [-0.15, -0.1) is 0 Å². The van der Waals surface area contributed by atoms with Crippen molar-refractivity contribution in [3.63, 3.8) is 0 Å². The summed E-state index contributed by atoms with van der Waals surface area (Å²) in [5.41, 5.74) is 1.46. The molecular weight excluding hydrogens is 376 g/mol. The van der Waals surface area contributed by atoms with Gasteiger partial charge in [0.2, 0.25) is 11.9 Å². The number of nitrogens with zero attached hydrogens (tertiary/aromatic N) is 2. The molecule has 0 fully saturated rings. The molecule has 3 rings (SSSR count). The third kappa shape index (κ3) is 4.72. The highest BCUT2D eigenvalue weighted by atomic mass is 32.2. The average molecular weight is 396 g/mol. The van der Waals surface area contributed by atoms with E-state index < -0.39 is 10.0 Å². The van der Waals surface area contributed by atoms with E-state index in [1.54, 1.807) is 18.2 Å². The van der Waals surface area contributed by atoms with Crippen molar-refractivity contribution in [3.8, 4) is 0 Å². The van der Waals surface area contributed by atoms with Gasteiger partial charge in [0.15, 0.2) is 0 Å². The molecule has 1 aromatic heterocycles. The van der Waals surface area contributed by atoms with Crippen LogP contribution in [0.25, 0.3) is 0 Å². The van der Waals surface area contributed by atoms with Crippen LogP contribution in [0.5, 0.6) is 0 Å². The molecule has 0 aliphatic heterocycles. The molecule has 0 saturated heterocycles. The maximum absolute atomic E-state index is 12.6. The van der Waals surface area contributed by atoms with Crippen molar-refractivity contribution in [2.45, 2.75) is 24.2 Å². The molecule has 28 heavy (non-hydrogen) atoms. The molecular formula is C20H20N4O3S. The summed E-state index contributed by atoms with van der Waals surface area (Å²) in [5, 5.41) is 2.84. The van der Waals surface area contributed by atoms with Crippen molar-refractivity contribution in [1.29, 1.82) is 0 Å². The highest BCUT2D eigenvalue weighted by Crippen LogP contribution is 2.22. The van der Waals surface area contributed by atoms with E-state index in [2.05, 4.69) is 20.0 Å². The summed E-state index contributed by atoms with van der Waals surface area (Å²) in [6.45, 7) is 1.95. The van der Waals surface area contributed by atoms with Crippen molar-refractivity contribution < 1.29 is 13.2 Å². The van der Waals surface area contributed by atoms with Gasteiger partial charge in [0, 0.05) is 18.1 Å². The number of carbonyl (C=O) groups excluding carboxylic acids is 1. The second kappa shape index (κ2) is 8.62. The first kappa shape index (κ1) is 19.5. The Hall–Kier alpha value is -3.26. The molecule has 144 valence electrons. The Morgan fingerprint density at radius 2 is 1.61 bits per heavy atom. The summed E-state index contributed by atoms with van der Waals surface area (Å²) in [4.78, 5) is 20.3. The minimum Gasteiger partial charge on any atom is -0.326 e. The maximum Gasteiger partial charge on any atom is 0.264 e. The number of hydrogen-bond donors (Lipinski definition) is 2. The Morgan fingerprint density at radius 1 is 0.964 bits per heavy atom. The predicted octanol–water partition coefficient (Wildman–Crippen LogP) is 3.41. The largest absolute Gasteiger partial charge is 0.326 e. The minimum absolute atomic E-state index is 0.00599. The SMILES string of the molecule is CC[C@@H](C(=O)Nc1ccc(S(=O)(=O)Nc2ncccn2)cc1)c1ccccc1. The number of nitrogens with one attached hydrogen (secondary N) is 2. The Bertz CT molecular complexity index is 1020. The lowest BCUT2D eigenvalue weighted by Gasteiger charge is -2.15. The molecule has 0 aliphatic carbocycles. The molecule has 0 bridgehead atoms. The Kier molecular flexibility index (Phi) is 6.00. The molecule has 0 unspecified atom stereocenters. The van der Waals surface area contributed by atoms with Crippen molar-refractivity contribution in [1.82, 2.24) is 9.97 Å². The summed E-state index contributed by atoms with van der Waals surface area (Å²) in [7, 11) is -3.81. The number of anilines is 2. The second-order valence-corrected chi connectivity index (χ2v) is 7.75. The van der Waals surface area contributed by atoms with Crippen LogP contribution >= 0.6 is 0 Å². The van der Waals surface area contributed by atoms with Gasteiger partial charge >= 0.3 is 0 Å². The second-order valence-electron chi connectivity index (χ2n) is 6.06. The van der Waals surface area contributed by atoms with Crippen molar-refractivity contribution >= 4 is 27.6 Å². The van der Waals surface area contributed by atoms with Crippen LogP contribution in [0.15, 0.2) is 78.0 Å². The molecule has 3 aromatic rings. The number of amides is 1. The first-order valence-electron chi connectivity index (χ1n) is 8.75. The number of carbonyl (C=O) groups is 1. The van der Waals surface area contributed by atoms with E-state index in [0.29, 0.717) is 12.1 Å². The average Bonchev–Trinajstić information content (AvgIpc) is 2.70. The van der Waals surface area contributed by atoms with Crippen LogP contribution in [-0.2, 0) is 14.8 Å². The van der Waals surface area contributed by atoms with Gasteiger partial charge in [0.25, 0.3) is 10.0 Å². The van der Waals surface area contributed by atoms with E-state index in [1.165, 1.54) is 24.5 Å². The number of benzene rings is 2. The molecule has 0 radical (unpaired) electrons. The monoisotopic (exact) mass is 396 g/mol. The molecule has 1 atom stereocenters. The van der Waals surface area contributed by atoms with Gasteiger partial charge in [0.1, 0.15) is 0 Å². The van der Waals surface area contributed by atoms with Crippen LogP contribution in [0.2, 0.25) is 0 Å². The zero-order valence-electron chi connectivity index (χ0n) is 15.2. The van der Waals surface area contributed by atoms with E-state index >= 15 is 0 Å². The lowest BCUT2D eigenvalue weighted by atomic mass is 9.95. The number of rotatable bonds is 7. The van der Waals surface area contributed by atoms with E-state index in [0.717, 1.165) is 5.56 Å². The predicted molar refractivity (Wildman–Crippen MR) is 107 cm³/mol. The van der Waals surface area contributed by atoms with Gasteiger partial charge < -0.3 is 5.32 Å². The van der Waals surface area contributed by atoms with Crippen molar-refractivity contribution in [2.75, 3.05) is 10.0 Å². The minimum atomic E-state index is -3.81. The topological polar surface area (TPSA) is 101 Å². The standard InChI is InChI=1S/C20H20N4O3S/c1-2-18(15-7-4-3-5-8-15)19(25)23-16-9-11-17(12-10-16)28(26,27)24-20-21-13-6-14-22-20/h3-14,18H,2H2,1H3,(H,23,25)(H,21,22,24)/t18-/m1/s1. The lowest BCUT2D eigenvalue weighted by molar-refractivity contribution is -0.117. The summed E-state index contributed by atoms with van der Waals surface area (Å²) in [6, 6.07) is 17.1. The van der Waals surface area contributed by atoms with Crippen LogP contribution in [0.1, 0.15) is 24.8 Å². The van der Waals surface area contributed by atoms with Crippen LogP contribution < -0.4 is 10.0 Å². The van der Waals surface area contributed by atoms with Gasteiger partial charge in [-0.1, -0.05) is 37.3 Å². The summed E-state index contributed by atoms with van der Waals surface area (Å²) in [5.74, 6) is -0.421. The fourth-order valence-corrected chi connectivity index (χ4v) is 3.69. The van der Waals surface area contributed by atoms with Crippen LogP contribution in [0.4, 0.5) is 11.6 Å². The molecule has 1 amide bonds. The number of hydrogen-bond acceptors (Lipinski definition) is 5. The molecule has 0 spiro atoms. The van der Waals surface area contributed by atoms with E-state index in [4.69, 9.17) is 0 Å². The fourth-order valence-electron chi connectivity index (χ4n) is 2.74. The number of aromatic nitrogens is 2. The molecule has 7 nitrogen and oxygen atoms in total. The molecule has 8 heteroatoms. The normalized spacial score (nSPS) is 12.2. The zero-order valence-corrected chi connectivity index (χ0v) is 16.1. The van der Waals surface area contributed by atoms with E-state index in [1.807, 2.05) is 37.3 Å². The molecule has 2 N–H and O–H groups in total. The Labute approximate surface area is 163 Å². The van der Waals surface area contributed by atoms with Gasteiger partial charge in [-0.3, -0.25) is 4.79 Å². The van der Waals surface area contributed by atoms with Crippen molar-refractivity contribution in [3.05, 3.63) is 78.6 Å². The van der Waals surface area contributed by atoms with E-state index in [9.17, 15) is 13.2 Å². The van der Waals surface area contributed by atoms with Crippen LogP contribution in [0.3, 0.4) is 0 Å².